The van der Waals surface area contributed by atoms with E-state index in [0.29, 0.717) is 0 Å². The first-order valence-electron chi connectivity index (χ1n) is 6.34. The molecule has 16 heavy (non-hydrogen) atoms. The number of hydrogen-bond acceptors (Lipinski definition) is 3. The van der Waals surface area contributed by atoms with Gasteiger partial charge in [0.2, 0.25) is 0 Å². The number of aromatic nitrogens is 2. The molecule has 2 fully saturated rings. The molecule has 0 bridgehead atoms. The summed E-state index contributed by atoms with van der Waals surface area (Å²) in [5.74, 6) is 1.94. The molecule has 1 saturated carbocycles. The van der Waals surface area contributed by atoms with Gasteiger partial charge in [0.15, 0.2) is 5.82 Å². The van der Waals surface area contributed by atoms with Crippen LogP contribution >= 0.6 is 0 Å². The number of piperazine rings is 1. The average molecular weight is 220 g/mol. The van der Waals surface area contributed by atoms with Crippen LogP contribution in [0.2, 0.25) is 0 Å². The van der Waals surface area contributed by atoms with Gasteiger partial charge in [-0.3, -0.25) is 4.68 Å². The first-order chi connectivity index (χ1) is 7.84. The van der Waals surface area contributed by atoms with Crippen LogP contribution in [0.4, 0.5) is 5.82 Å². The second-order valence-corrected chi connectivity index (χ2v) is 4.92. The summed E-state index contributed by atoms with van der Waals surface area (Å²) in [4.78, 5) is 2.39. The Morgan fingerprint density at radius 2 is 2.06 bits per heavy atom. The number of rotatable bonds is 2. The van der Waals surface area contributed by atoms with E-state index in [1.807, 2.05) is 0 Å². The second-order valence-electron chi connectivity index (χ2n) is 4.92. The van der Waals surface area contributed by atoms with Gasteiger partial charge in [-0.1, -0.05) is 6.42 Å². The van der Waals surface area contributed by atoms with Crippen molar-refractivity contribution in [3.05, 3.63) is 11.8 Å². The molecule has 1 N–H and O–H groups in total. The van der Waals surface area contributed by atoms with Gasteiger partial charge in [0.25, 0.3) is 0 Å². The lowest BCUT2D eigenvalue weighted by Gasteiger charge is -2.27. The number of anilines is 1. The highest BCUT2D eigenvalue weighted by molar-refractivity contribution is 5.41. The standard InChI is InChI=1S/C12H20N4/c1-15-11(10-3-2-4-10)9-12(14-15)16-7-5-13-6-8-16/h9-10,13H,2-8H2,1H3. The van der Waals surface area contributed by atoms with Gasteiger partial charge in [0.1, 0.15) is 0 Å². The molecule has 3 rings (SSSR count). The number of aryl methyl sites for hydroxylation is 1. The van der Waals surface area contributed by atoms with E-state index in [4.69, 9.17) is 0 Å². The molecule has 4 heteroatoms. The van der Waals surface area contributed by atoms with Crippen LogP contribution in [-0.2, 0) is 7.05 Å². The fourth-order valence-electron chi connectivity index (χ4n) is 2.60. The van der Waals surface area contributed by atoms with Crippen molar-refractivity contribution < 1.29 is 0 Å². The van der Waals surface area contributed by atoms with Crippen molar-refractivity contribution in [2.75, 3.05) is 31.1 Å². The normalized spacial score (nSPS) is 22.2. The molecule has 0 radical (unpaired) electrons. The summed E-state index contributed by atoms with van der Waals surface area (Å²) >= 11 is 0. The lowest BCUT2D eigenvalue weighted by atomic mass is 9.83. The van der Waals surface area contributed by atoms with Crippen LogP contribution in [-0.4, -0.2) is 36.0 Å². The van der Waals surface area contributed by atoms with Crippen molar-refractivity contribution in [3.8, 4) is 0 Å². The van der Waals surface area contributed by atoms with Crippen molar-refractivity contribution in [1.29, 1.82) is 0 Å². The largest absolute Gasteiger partial charge is 0.353 e. The van der Waals surface area contributed by atoms with Gasteiger partial charge in [-0.2, -0.15) is 5.10 Å². The number of nitrogens with zero attached hydrogens (tertiary/aromatic N) is 3. The molecule has 2 aliphatic rings. The number of nitrogens with one attached hydrogen (secondary N) is 1. The predicted molar refractivity (Wildman–Crippen MR) is 64.9 cm³/mol. The van der Waals surface area contributed by atoms with Gasteiger partial charge in [-0.05, 0) is 12.8 Å². The van der Waals surface area contributed by atoms with E-state index in [1.165, 1.54) is 30.8 Å². The third-order valence-corrected chi connectivity index (χ3v) is 3.87. The van der Waals surface area contributed by atoms with E-state index in [1.54, 1.807) is 0 Å². The maximum Gasteiger partial charge on any atom is 0.150 e. The lowest BCUT2D eigenvalue weighted by molar-refractivity contribution is 0.397. The van der Waals surface area contributed by atoms with Crippen molar-refractivity contribution in [3.63, 3.8) is 0 Å². The van der Waals surface area contributed by atoms with Crippen molar-refractivity contribution in [2.45, 2.75) is 25.2 Å². The van der Waals surface area contributed by atoms with Crippen molar-refractivity contribution in [1.82, 2.24) is 15.1 Å². The van der Waals surface area contributed by atoms with E-state index in [2.05, 4.69) is 33.1 Å². The highest BCUT2D eigenvalue weighted by Crippen LogP contribution is 2.37. The summed E-state index contributed by atoms with van der Waals surface area (Å²) < 4.78 is 2.08. The van der Waals surface area contributed by atoms with Crippen LogP contribution in [0.15, 0.2) is 6.07 Å². The fraction of sp³-hybridized carbons (Fsp3) is 0.750. The predicted octanol–water partition coefficient (Wildman–Crippen LogP) is 1.10. The molecule has 0 aromatic carbocycles. The third-order valence-electron chi connectivity index (χ3n) is 3.87. The molecule has 0 unspecified atom stereocenters. The summed E-state index contributed by atoms with van der Waals surface area (Å²) in [7, 11) is 2.08. The molecule has 2 heterocycles. The maximum absolute atomic E-state index is 4.65. The van der Waals surface area contributed by atoms with Crippen LogP contribution in [0.1, 0.15) is 30.9 Å². The Morgan fingerprint density at radius 1 is 1.31 bits per heavy atom. The van der Waals surface area contributed by atoms with Crippen LogP contribution < -0.4 is 10.2 Å². The zero-order chi connectivity index (χ0) is 11.0. The molecule has 1 aliphatic heterocycles. The third kappa shape index (κ3) is 1.71. The molecular weight excluding hydrogens is 200 g/mol. The molecule has 1 saturated heterocycles. The Balaban J connectivity index is 1.79. The van der Waals surface area contributed by atoms with Gasteiger partial charge < -0.3 is 10.2 Å². The van der Waals surface area contributed by atoms with Crippen LogP contribution in [0.25, 0.3) is 0 Å². The second kappa shape index (κ2) is 4.09. The first-order valence-corrected chi connectivity index (χ1v) is 6.34. The summed E-state index contributed by atoms with van der Waals surface area (Å²) in [5.41, 5.74) is 1.43. The van der Waals surface area contributed by atoms with E-state index in [0.717, 1.165) is 32.1 Å². The fourth-order valence-corrected chi connectivity index (χ4v) is 2.60. The zero-order valence-electron chi connectivity index (χ0n) is 9.95. The molecule has 1 aromatic rings. The topological polar surface area (TPSA) is 33.1 Å². The van der Waals surface area contributed by atoms with Gasteiger partial charge in [-0.25, -0.2) is 0 Å². The van der Waals surface area contributed by atoms with Crippen LogP contribution in [0.5, 0.6) is 0 Å². The van der Waals surface area contributed by atoms with E-state index < -0.39 is 0 Å². The molecule has 1 aliphatic carbocycles. The zero-order valence-corrected chi connectivity index (χ0v) is 9.95. The van der Waals surface area contributed by atoms with Crippen LogP contribution in [0.3, 0.4) is 0 Å². The maximum atomic E-state index is 4.65. The Kier molecular flexibility index (Phi) is 2.59. The quantitative estimate of drug-likeness (QED) is 0.810. The Bertz CT molecular complexity index is 361. The Labute approximate surface area is 96.6 Å². The molecule has 0 atom stereocenters. The minimum atomic E-state index is 0.772. The van der Waals surface area contributed by atoms with E-state index in [-0.39, 0.29) is 0 Å². The molecule has 88 valence electrons. The Morgan fingerprint density at radius 3 is 2.69 bits per heavy atom. The van der Waals surface area contributed by atoms with Crippen molar-refractivity contribution in [2.24, 2.45) is 7.05 Å². The number of hydrogen-bond donors (Lipinski definition) is 1. The van der Waals surface area contributed by atoms with E-state index >= 15 is 0 Å². The molecular formula is C12H20N4. The van der Waals surface area contributed by atoms with Gasteiger partial charge in [-0.15, -0.1) is 0 Å². The van der Waals surface area contributed by atoms with Gasteiger partial charge >= 0.3 is 0 Å². The highest BCUT2D eigenvalue weighted by Gasteiger charge is 2.24. The van der Waals surface area contributed by atoms with Gasteiger partial charge in [0.05, 0.1) is 0 Å². The lowest BCUT2D eigenvalue weighted by Crippen LogP contribution is -2.43. The smallest absolute Gasteiger partial charge is 0.150 e. The Hall–Kier alpha value is -1.03. The van der Waals surface area contributed by atoms with E-state index in [9.17, 15) is 0 Å². The summed E-state index contributed by atoms with van der Waals surface area (Å²) in [6, 6.07) is 2.30. The monoisotopic (exact) mass is 220 g/mol. The highest BCUT2D eigenvalue weighted by atomic mass is 15.4. The minimum absolute atomic E-state index is 0.772. The molecule has 1 aromatic heterocycles. The minimum Gasteiger partial charge on any atom is -0.353 e. The summed E-state index contributed by atoms with van der Waals surface area (Å²) in [6.07, 6.45) is 4.08. The van der Waals surface area contributed by atoms with Gasteiger partial charge in [0, 0.05) is 50.9 Å². The summed E-state index contributed by atoms with van der Waals surface area (Å²) in [6.45, 7) is 4.33. The molecule has 0 amide bonds. The van der Waals surface area contributed by atoms with Crippen molar-refractivity contribution >= 4 is 5.82 Å². The SMILES string of the molecule is Cn1nc(N2CCNCC2)cc1C1CCC1. The molecule has 4 nitrogen and oxygen atoms in total. The average Bonchev–Trinajstić information content (AvgIpc) is 2.60. The van der Waals surface area contributed by atoms with Crippen LogP contribution in [0, 0.1) is 0 Å². The summed E-state index contributed by atoms with van der Waals surface area (Å²) in [5, 5.41) is 8.03. The molecule has 0 spiro atoms. The first kappa shape index (κ1) is 10.1.